The van der Waals surface area contributed by atoms with Gasteiger partial charge in [-0.15, -0.1) is 23.7 Å². The Hall–Kier alpha value is -1.50. The molecule has 1 atom stereocenters. The van der Waals surface area contributed by atoms with E-state index >= 15 is 0 Å². The summed E-state index contributed by atoms with van der Waals surface area (Å²) < 4.78 is 13.0. The second kappa shape index (κ2) is 7.86. The summed E-state index contributed by atoms with van der Waals surface area (Å²) in [4.78, 5) is 20.0. The molecule has 1 aliphatic rings. The number of benzene rings is 1. The lowest BCUT2D eigenvalue weighted by molar-refractivity contribution is 0.0812. The van der Waals surface area contributed by atoms with E-state index in [2.05, 4.69) is 9.88 Å². The van der Waals surface area contributed by atoms with Gasteiger partial charge in [0, 0.05) is 35.6 Å². The second-order valence-electron chi connectivity index (χ2n) is 5.61. The van der Waals surface area contributed by atoms with Crippen molar-refractivity contribution in [3.8, 4) is 0 Å². The number of likely N-dealkylation sites (tertiary alicyclic amines) is 1. The number of carbonyl (C=O) groups excluding carboxylic acids is 1. The highest BCUT2D eigenvalue weighted by molar-refractivity contribution is 7.15. The molecule has 2 N–H and O–H groups in total. The minimum Gasteiger partial charge on any atom is -0.375 e. The molecule has 2 heterocycles. The largest absolute Gasteiger partial charge is 0.375 e. The van der Waals surface area contributed by atoms with Crippen molar-refractivity contribution in [1.29, 1.82) is 0 Å². The number of nitrogens with two attached hydrogens (primary N) is 1. The number of hydrogen-bond acceptors (Lipinski definition) is 5. The summed E-state index contributed by atoms with van der Waals surface area (Å²) in [5, 5.41) is 0.575. The number of halogens is 2. The summed E-state index contributed by atoms with van der Waals surface area (Å²) in [7, 11) is 0. The van der Waals surface area contributed by atoms with Gasteiger partial charge in [-0.25, -0.2) is 9.37 Å². The first-order valence-electron chi connectivity index (χ1n) is 7.34. The first-order chi connectivity index (χ1) is 10.6. The number of carbonyl (C=O) groups is 1. The molecule has 0 bridgehead atoms. The fourth-order valence-electron chi connectivity index (χ4n) is 2.88. The normalized spacial score (nSPS) is 18.4. The van der Waals surface area contributed by atoms with Crippen LogP contribution in [0.15, 0.2) is 30.5 Å². The van der Waals surface area contributed by atoms with E-state index in [-0.39, 0.29) is 29.9 Å². The Balaban J connectivity index is 0.00000192. The molecule has 1 saturated heterocycles. The molecule has 3 rings (SSSR count). The van der Waals surface area contributed by atoms with Crippen molar-refractivity contribution < 1.29 is 9.18 Å². The van der Waals surface area contributed by atoms with Crippen LogP contribution in [0.4, 0.5) is 9.52 Å². The van der Waals surface area contributed by atoms with Gasteiger partial charge in [0.25, 0.3) is 0 Å². The van der Waals surface area contributed by atoms with Gasteiger partial charge < -0.3 is 5.73 Å². The molecule has 7 heteroatoms. The Morgan fingerprint density at radius 3 is 2.78 bits per heavy atom. The van der Waals surface area contributed by atoms with Crippen LogP contribution in [0, 0.1) is 11.7 Å². The van der Waals surface area contributed by atoms with E-state index in [1.807, 2.05) is 0 Å². The third kappa shape index (κ3) is 4.50. The number of rotatable bonds is 4. The highest BCUT2D eigenvalue weighted by Crippen LogP contribution is 2.24. The predicted molar refractivity (Wildman–Crippen MR) is 92.5 cm³/mol. The molecule has 23 heavy (non-hydrogen) atoms. The zero-order valence-electron chi connectivity index (χ0n) is 12.6. The monoisotopic (exact) mass is 355 g/mol. The van der Waals surface area contributed by atoms with Crippen LogP contribution in [0.25, 0.3) is 0 Å². The number of anilines is 1. The number of piperidine rings is 1. The van der Waals surface area contributed by atoms with Crippen LogP contribution in [0.2, 0.25) is 0 Å². The van der Waals surface area contributed by atoms with Gasteiger partial charge in [0.1, 0.15) is 5.82 Å². The standard InChI is InChI=1S/C16H18FN3OS.ClH/c17-13-5-3-11(4-6-13)15(21)12-2-1-7-20(9-12)10-14-8-19-16(18)22-14;/h3-6,8,12H,1-2,7,9-10H2,(H2,18,19);1H. The van der Waals surface area contributed by atoms with Crippen molar-refractivity contribution in [3.05, 3.63) is 46.7 Å². The number of nitrogen functional groups attached to an aromatic ring is 1. The molecule has 1 aliphatic heterocycles. The number of Topliss-reactive ketones (excluding diaryl/α,β-unsaturated/α-hetero) is 1. The van der Waals surface area contributed by atoms with Crippen LogP contribution in [-0.4, -0.2) is 28.8 Å². The molecule has 0 amide bonds. The molecule has 0 spiro atoms. The average molecular weight is 356 g/mol. The summed E-state index contributed by atoms with van der Waals surface area (Å²) in [5.41, 5.74) is 6.24. The Kier molecular flexibility index (Phi) is 6.10. The molecule has 1 fully saturated rings. The molecular formula is C16H19ClFN3OS. The van der Waals surface area contributed by atoms with Gasteiger partial charge in [0.2, 0.25) is 0 Å². The SMILES string of the molecule is Cl.Nc1ncc(CN2CCCC(C(=O)c3ccc(F)cc3)C2)s1. The highest BCUT2D eigenvalue weighted by atomic mass is 35.5. The molecule has 1 aromatic heterocycles. The van der Waals surface area contributed by atoms with Gasteiger partial charge >= 0.3 is 0 Å². The van der Waals surface area contributed by atoms with Gasteiger partial charge in [-0.05, 0) is 43.7 Å². The Bertz CT molecular complexity index is 662. The molecule has 0 aliphatic carbocycles. The van der Waals surface area contributed by atoms with Crippen LogP contribution in [-0.2, 0) is 6.54 Å². The summed E-state index contributed by atoms with van der Waals surface area (Å²) in [6, 6.07) is 5.82. The Morgan fingerprint density at radius 2 is 2.13 bits per heavy atom. The van der Waals surface area contributed by atoms with E-state index in [9.17, 15) is 9.18 Å². The first kappa shape index (κ1) is 17.8. The predicted octanol–water partition coefficient (Wildman–Crippen LogP) is 3.38. The van der Waals surface area contributed by atoms with Gasteiger partial charge in [-0.1, -0.05) is 0 Å². The van der Waals surface area contributed by atoms with E-state index < -0.39 is 0 Å². The van der Waals surface area contributed by atoms with Crippen molar-refractivity contribution in [2.45, 2.75) is 19.4 Å². The van der Waals surface area contributed by atoms with Gasteiger partial charge in [0.15, 0.2) is 10.9 Å². The smallest absolute Gasteiger partial charge is 0.180 e. The molecule has 4 nitrogen and oxygen atoms in total. The van der Waals surface area contributed by atoms with E-state index in [4.69, 9.17) is 5.73 Å². The van der Waals surface area contributed by atoms with Crippen molar-refractivity contribution >= 4 is 34.7 Å². The molecular weight excluding hydrogens is 337 g/mol. The highest BCUT2D eigenvalue weighted by Gasteiger charge is 2.26. The van der Waals surface area contributed by atoms with Crippen molar-refractivity contribution in [2.24, 2.45) is 5.92 Å². The first-order valence-corrected chi connectivity index (χ1v) is 8.16. The maximum Gasteiger partial charge on any atom is 0.180 e. The molecule has 0 radical (unpaired) electrons. The van der Waals surface area contributed by atoms with Crippen LogP contribution < -0.4 is 5.73 Å². The second-order valence-corrected chi connectivity index (χ2v) is 6.76. The van der Waals surface area contributed by atoms with E-state index in [0.29, 0.717) is 10.7 Å². The molecule has 1 unspecified atom stereocenters. The van der Waals surface area contributed by atoms with Crippen LogP contribution >= 0.6 is 23.7 Å². The molecule has 1 aromatic carbocycles. The Morgan fingerprint density at radius 1 is 1.39 bits per heavy atom. The fourth-order valence-corrected chi connectivity index (χ4v) is 3.61. The maximum atomic E-state index is 13.0. The number of nitrogens with zero attached hydrogens (tertiary/aromatic N) is 2. The number of hydrogen-bond donors (Lipinski definition) is 1. The lowest BCUT2D eigenvalue weighted by Gasteiger charge is -2.31. The average Bonchev–Trinajstić information content (AvgIpc) is 2.93. The number of ketones is 1. The van der Waals surface area contributed by atoms with Crippen LogP contribution in [0.5, 0.6) is 0 Å². The molecule has 0 saturated carbocycles. The fraction of sp³-hybridized carbons (Fsp3) is 0.375. The van der Waals surface area contributed by atoms with Crippen molar-refractivity contribution in [1.82, 2.24) is 9.88 Å². The van der Waals surface area contributed by atoms with Gasteiger partial charge in [-0.2, -0.15) is 0 Å². The third-order valence-corrected chi connectivity index (χ3v) is 4.77. The summed E-state index contributed by atoms with van der Waals surface area (Å²) in [6.07, 6.45) is 3.68. The minimum absolute atomic E-state index is 0. The summed E-state index contributed by atoms with van der Waals surface area (Å²) in [5.74, 6) is -0.234. The van der Waals surface area contributed by atoms with E-state index in [0.717, 1.165) is 37.4 Å². The number of aromatic nitrogens is 1. The lowest BCUT2D eigenvalue weighted by atomic mass is 9.90. The van der Waals surface area contributed by atoms with Crippen molar-refractivity contribution in [2.75, 3.05) is 18.8 Å². The van der Waals surface area contributed by atoms with Crippen LogP contribution in [0.3, 0.4) is 0 Å². The quantitative estimate of drug-likeness (QED) is 0.854. The van der Waals surface area contributed by atoms with Gasteiger partial charge in [0.05, 0.1) is 0 Å². The van der Waals surface area contributed by atoms with Crippen LogP contribution in [0.1, 0.15) is 28.1 Å². The minimum atomic E-state index is -0.315. The summed E-state index contributed by atoms with van der Waals surface area (Å²) in [6.45, 7) is 2.49. The Labute approximate surface area is 144 Å². The topological polar surface area (TPSA) is 59.2 Å². The zero-order valence-corrected chi connectivity index (χ0v) is 14.2. The molecule has 124 valence electrons. The summed E-state index contributed by atoms with van der Waals surface area (Å²) >= 11 is 1.49. The lowest BCUT2D eigenvalue weighted by Crippen LogP contribution is -2.38. The van der Waals surface area contributed by atoms with Crippen molar-refractivity contribution in [3.63, 3.8) is 0 Å². The number of thiazole rings is 1. The third-order valence-electron chi connectivity index (χ3n) is 3.96. The van der Waals surface area contributed by atoms with E-state index in [1.165, 1.54) is 23.5 Å². The zero-order chi connectivity index (χ0) is 15.5. The van der Waals surface area contributed by atoms with E-state index in [1.54, 1.807) is 18.3 Å². The molecule has 2 aromatic rings. The van der Waals surface area contributed by atoms with Gasteiger partial charge in [-0.3, -0.25) is 9.69 Å². The maximum absolute atomic E-state index is 13.0.